The molecule has 2 spiro atoms. The van der Waals surface area contributed by atoms with Gasteiger partial charge in [0.1, 0.15) is 0 Å². The molecule has 1 atom stereocenters. The highest BCUT2D eigenvalue weighted by Crippen LogP contribution is 2.74. The molecule has 68 valence electrons. The van der Waals surface area contributed by atoms with Gasteiger partial charge in [0.15, 0.2) is 0 Å². The lowest BCUT2D eigenvalue weighted by atomic mass is 9.37. The molecule has 0 heterocycles. The van der Waals surface area contributed by atoms with Crippen LogP contribution in [0.2, 0.25) is 0 Å². The Morgan fingerprint density at radius 2 is 1.58 bits per heavy atom. The Kier molecular flexibility index (Phi) is 1.28. The summed E-state index contributed by atoms with van der Waals surface area (Å²) in [7, 11) is 0. The minimum Gasteiger partial charge on any atom is -0.0619 e. The van der Waals surface area contributed by atoms with Crippen molar-refractivity contribution in [3.63, 3.8) is 0 Å². The Morgan fingerprint density at radius 1 is 0.917 bits per heavy atom. The average Bonchev–Trinajstić information content (AvgIpc) is 2.46. The second-order valence-corrected chi connectivity index (χ2v) is 5.60. The monoisotopic (exact) mass is 164 g/mol. The average molecular weight is 164 g/mol. The Morgan fingerprint density at radius 3 is 2.00 bits per heavy atom. The quantitative estimate of drug-likeness (QED) is 0.511. The molecule has 0 nitrogen and oxygen atoms in total. The summed E-state index contributed by atoms with van der Waals surface area (Å²) >= 11 is 0. The fourth-order valence-corrected chi connectivity index (χ4v) is 4.71. The summed E-state index contributed by atoms with van der Waals surface area (Å²) in [6, 6.07) is 0. The van der Waals surface area contributed by atoms with Gasteiger partial charge in [-0.1, -0.05) is 26.2 Å². The fourth-order valence-electron chi connectivity index (χ4n) is 4.71. The van der Waals surface area contributed by atoms with Crippen LogP contribution in [0.1, 0.15) is 58.3 Å². The predicted octanol–water partition coefficient (Wildman–Crippen LogP) is 3.76. The Bertz CT molecular complexity index is 194. The second kappa shape index (κ2) is 2.08. The molecule has 0 aliphatic heterocycles. The summed E-state index contributed by atoms with van der Waals surface area (Å²) in [6.45, 7) is 2.51. The smallest absolute Gasteiger partial charge is 0.0215 e. The molecule has 0 aromatic rings. The SMILES string of the molecule is CC1CC2(CCC2)C12CCCC2. The maximum atomic E-state index is 2.51. The zero-order valence-corrected chi connectivity index (χ0v) is 8.23. The van der Waals surface area contributed by atoms with Gasteiger partial charge < -0.3 is 0 Å². The molecule has 0 aromatic heterocycles. The number of hydrogen-bond acceptors (Lipinski definition) is 0. The third kappa shape index (κ3) is 0.592. The van der Waals surface area contributed by atoms with Crippen molar-refractivity contribution < 1.29 is 0 Å². The van der Waals surface area contributed by atoms with E-state index in [4.69, 9.17) is 0 Å². The number of fused-ring (bicyclic) bond motifs is 1. The third-order valence-corrected chi connectivity index (χ3v) is 5.50. The van der Waals surface area contributed by atoms with Crippen molar-refractivity contribution in [3.05, 3.63) is 0 Å². The van der Waals surface area contributed by atoms with Gasteiger partial charge in [0.05, 0.1) is 0 Å². The highest BCUT2D eigenvalue weighted by molar-refractivity contribution is 5.14. The molecule has 0 amide bonds. The summed E-state index contributed by atoms with van der Waals surface area (Å²) in [5.41, 5.74) is 1.76. The zero-order valence-electron chi connectivity index (χ0n) is 8.23. The largest absolute Gasteiger partial charge is 0.0619 e. The second-order valence-electron chi connectivity index (χ2n) is 5.60. The Hall–Kier alpha value is 0. The molecule has 0 N–H and O–H groups in total. The van der Waals surface area contributed by atoms with Gasteiger partial charge >= 0.3 is 0 Å². The van der Waals surface area contributed by atoms with Crippen LogP contribution in [0, 0.1) is 16.7 Å². The first-order valence-corrected chi connectivity index (χ1v) is 5.79. The van der Waals surface area contributed by atoms with E-state index in [2.05, 4.69) is 6.92 Å². The lowest BCUT2D eigenvalue weighted by Gasteiger charge is -2.68. The molecule has 0 radical (unpaired) electrons. The van der Waals surface area contributed by atoms with E-state index in [1.807, 2.05) is 0 Å². The molecule has 3 rings (SSSR count). The van der Waals surface area contributed by atoms with Crippen LogP contribution in [-0.4, -0.2) is 0 Å². The highest BCUT2D eigenvalue weighted by atomic mass is 14.7. The van der Waals surface area contributed by atoms with Crippen LogP contribution in [0.3, 0.4) is 0 Å². The first-order chi connectivity index (χ1) is 5.79. The Balaban J connectivity index is 1.89. The highest BCUT2D eigenvalue weighted by Gasteiger charge is 2.65. The van der Waals surface area contributed by atoms with Gasteiger partial charge in [-0.15, -0.1) is 0 Å². The molecule has 3 saturated carbocycles. The third-order valence-electron chi connectivity index (χ3n) is 5.50. The summed E-state index contributed by atoms with van der Waals surface area (Å²) in [6.07, 6.45) is 12.5. The van der Waals surface area contributed by atoms with Gasteiger partial charge in [-0.2, -0.15) is 0 Å². The molecule has 0 saturated heterocycles. The molecule has 0 aromatic carbocycles. The summed E-state index contributed by atoms with van der Waals surface area (Å²) in [5.74, 6) is 1.07. The van der Waals surface area contributed by atoms with E-state index in [9.17, 15) is 0 Å². The van der Waals surface area contributed by atoms with Crippen molar-refractivity contribution in [2.45, 2.75) is 58.3 Å². The van der Waals surface area contributed by atoms with Crippen molar-refractivity contribution >= 4 is 0 Å². The summed E-state index contributed by atoms with van der Waals surface area (Å²) < 4.78 is 0. The van der Waals surface area contributed by atoms with Crippen LogP contribution in [0.25, 0.3) is 0 Å². The molecule has 3 aliphatic carbocycles. The van der Waals surface area contributed by atoms with Crippen LogP contribution in [0.5, 0.6) is 0 Å². The standard InChI is InChI=1S/C12H20/c1-10-9-11(5-4-6-11)12(10)7-2-3-8-12/h10H,2-9H2,1H3. The van der Waals surface area contributed by atoms with Crippen molar-refractivity contribution in [2.24, 2.45) is 16.7 Å². The fraction of sp³-hybridized carbons (Fsp3) is 1.00. The van der Waals surface area contributed by atoms with E-state index >= 15 is 0 Å². The van der Waals surface area contributed by atoms with Crippen molar-refractivity contribution in [2.75, 3.05) is 0 Å². The van der Waals surface area contributed by atoms with Crippen LogP contribution < -0.4 is 0 Å². The van der Waals surface area contributed by atoms with E-state index in [1.165, 1.54) is 19.3 Å². The van der Waals surface area contributed by atoms with Crippen LogP contribution in [-0.2, 0) is 0 Å². The van der Waals surface area contributed by atoms with Crippen molar-refractivity contribution in [1.29, 1.82) is 0 Å². The molecule has 0 heteroatoms. The lowest BCUT2D eigenvalue weighted by molar-refractivity contribution is -0.183. The van der Waals surface area contributed by atoms with Crippen LogP contribution in [0.15, 0.2) is 0 Å². The van der Waals surface area contributed by atoms with E-state index in [1.54, 1.807) is 32.1 Å². The van der Waals surface area contributed by atoms with Crippen LogP contribution >= 0.6 is 0 Å². The zero-order chi connectivity index (χ0) is 8.23. The normalized spacial score (nSPS) is 41.2. The number of rotatable bonds is 0. The molecular formula is C12H20. The summed E-state index contributed by atoms with van der Waals surface area (Å²) in [4.78, 5) is 0. The molecule has 3 aliphatic rings. The maximum absolute atomic E-state index is 2.51. The summed E-state index contributed by atoms with van der Waals surface area (Å²) in [5, 5.41) is 0. The van der Waals surface area contributed by atoms with E-state index < -0.39 is 0 Å². The molecule has 12 heavy (non-hydrogen) atoms. The molecule has 0 bridgehead atoms. The van der Waals surface area contributed by atoms with Gasteiger partial charge in [-0.25, -0.2) is 0 Å². The molecular weight excluding hydrogens is 144 g/mol. The van der Waals surface area contributed by atoms with E-state index in [0.29, 0.717) is 0 Å². The van der Waals surface area contributed by atoms with Gasteiger partial charge in [-0.3, -0.25) is 0 Å². The predicted molar refractivity (Wildman–Crippen MR) is 51.0 cm³/mol. The molecule has 1 unspecified atom stereocenters. The van der Waals surface area contributed by atoms with Crippen LogP contribution in [0.4, 0.5) is 0 Å². The van der Waals surface area contributed by atoms with E-state index in [0.717, 1.165) is 16.7 Å². The number of hydrogen-bond donors (Lipinski definition) is 0. The molecule has 3 fully saturated rings. The maximum Gasteiger partial charge on any atom is -0.0215 e. The van der Waals surface area contributed by atoms with Gasteiger partial charge in [-0.05, 0) is 48.9 Å². The van der Waals surface area contributed by atoms with Gasteiger partial charge in [0, 0.05) is 0 Å². The first-order valence-electron chi connectivity index (χ1n) is 5.79. The minimum absolute atomic E-state index is 0.866. The van der Waals surface area contributed by atoms with Crippen molar-refractivity contribution in [3.8, 4) is 0 Å². The van der Waals surface area contributed by atoms with Gasteiger partial charge in [0.2, 0.25) is 0 Å². The van der Waals surface area contributed by atoms with E-state index in [-0.39, 0.29) is 0 Å². The topological polar surface area (TPSA) is 0 Å². The Labute approximate surface area is 75.7 Å². The minimum atomic E-state index is 0.866. The lowest BCUT2D eigenvalue weighted by Crippen LogP contribution is -2.59. The van der Waals surface area contributed by atoms with Crippen molar-refractivity contribution in [1.82, 2.24) is 0 Å². The first kappa shape index (κ1) is 7.41. The van der Waals surface area contributed by atoms with Gasteiger partial charge in [0.25, 0.3) is 0 Å².